The molecule has 0 saturated carbocycles. The summed E-state index contributed by atoms with van der Waals surface area (Å²) >= 11 is 0. The first-order valence-corrected chi connectivity index (χ1v) is 7.68. The predicted molar refractivity (Wildman–Crippen MR) is 83.3 cm³/mol. The van der Waals surface area contributed by atoms with E-state index in [1.54, 1.807) is 0 Å². The van der Waals surface area contributed by atoms with Gasteiger partial charge in [-0.1, -0.05) is 6.07 Å². The number of nitrogens with two attached hydrogens (primary N) is 1. The van der Waals surface area contributed by atoms with E-state index in [0.29, 0.717) is 12.6 Å². The molecule has 1 aliphatic carbocycles. The molecule has 112 valence electrons. The Kier molecular flexibility index (Phi) is 3.97. The van der Waals surface area contributed by atoms with Crippen LogP contribution in [0.1, 0.15) is 55.6 Å². The summed E-state index contributed by atoms with van der Waals surface area (Å²) in [5.41, 5.74) is 9.75. The first-order chi connectivity index (χ1) is 10.1. The first kappa shape index (κ1) is 14.1. The zero-order chi connectivity index (χ0) is 14.8. The zero-order valence-electron chi connectivity index (χ0n) is 12.7. The number of aryl methyl sites for hydroxylation is 1. The fourth-order valence-electron chi connectivity index (χ4n) is 2.80. The number of hydrogen-bond acceptors (Lipinski definition) is 3. The molecule has 2 aromatic rings. The number of aromatic nitrogens is 2. The minimum absolute atomic E-state index is 0.150. The van der Waals surface area contributed by atoms with E-state index in [1.165, 1.54) is 17.5 Å². The van der Waals surface area contributed by atoms with Crippen molar-refractivity contribution in [1.82, 2.24) is 9.78 Å². The molecule has 0 spiro atoms. The fraction of sp³-hybridized carbons (Fsp3) is 0.471. The van der Waals surface area contributed by atoms with Crippen LogP contribution in [0.15, 0.2) is 30.5 Å². The molecule has 0 aliphatic heterocycles. The number of ether oxygens (including phenoxy) is 1. The van der Waals surface area contributed by atoms with Gasteiger partial charge in [-0.25, -0.2) is 0 Å². The van der Waals surface area contributed by atoms with Crippen LogP contribution in [0.3, 0.4) is 0 Å². The van der Waals surface area contributed by atoms with Gasteiger partial charge in [0.25, 0.3) is 0 Å². The van der Waals surface area contributed by atoms with E-state index in [4.69, 9.17) is 10.5 Å². The Bertz CT molecular complexity index is 618. The molecule has 0 radical (unpaired) electrons. The van der Waals surface area contributed by atoms with Crippen LogP contribution >= 0.6 is 0 Å². The first-order valence-electron chi connectivity index (χ1n) is 7.68. The van der Waals surface area contributed by atoms with Crippen LogP contribution in [0.4, 0.5) is 0 Å². The van der Waals surface area contributed by atoms with Crippen LogP contribution in [0, 0.1) is 0 Å². The SMILES string of the molecule is CC(C)n1ccc(COc2ccc3c(c2)C(N)CCC3)n1. The molecule has 1 atom stereocenters. The Morgan fingerprint density at radius 3 is 3.00 bits per heavy atom. The number of hydrogen-bond donors (Lipinski definition) is 1. The maximum Gasteiger partial charge on any atom is 0.132 e. The average molecular weight is 285 g/mol. The maximum absolute atomic E-state index is 6.19. The molecule has 0 bridgehead atoms. The second-order valence-corrected chi connectivity index (χ2v) is 6.03. The van der Waals surface area contributed by atoms with Crippen molar-refractivity contribution in [3.8, 4) is 5.75 Å². The molecule has 1 heterocycles. The van der Waals surface area contributed by atoms with E-state index in [-0.39, 0.29) is 6.04 Å². The topological polar surface area (TPSA) is 53.1 Å². The van der Waals surface area contributed by atoms with Crippen LogP contribution in [-0.2, 0) is 13.0 Å². The lowest BCUT2D eigenvalue weighted by Gasteiger charge is -2.22. The minimum Gasteiger partial charge on any atom is -0.487 e. The van der Waals surface area contributed by atoms with Gasteiger partial charge in [-0.2, -0.15) is 5.10 Å². The minimum atomic E-state index is 0.150. The van der Waals surface area contributed by atoms with Gasteiger partial charge < -0.3 is 10.5 Å². The molecule has 1 aromatic heterocycles. The molecule has 1 aromatic carbocycles. The molecule has 3 rings (SSSR count). The third-order valence-corrected chi connectivity index (χ3v) is 4.06. The van der Waals surface area contributed by atoms with Crippen molar-refractivity contribution in [2.75, 3.05) is 0 Å². The van der Waals surface area contributed by atoms with Crippen LogP contribution in [-0.4, -0.2) is 9.78 Å². The summed E-state index contributed by atoms with van der Waals surface area (Å²) in [7, 11) is 0. The van der Waals surface area contributed by atoms with Crippen molar-refractivity contribution in [1.29, 1.82) is 0 Å². The second-order valence-electron chi connectivity index (χ2n) is 6.03. The van der Waals surface area contributed by atoms with Crippen molar-refractivity contribution in [3.63, 3.8) is 0 Å². The van der Waals surface area contributed by atoms with Crippen molar-refractivity contribution in [2.45, 2.75) is 51.8 Å². The van der Waals surface area contributed by atoms with Gasteiger partial charge in [0.1, 0.15) is 12.4 Å². The van der Waals surface area contributed by atoms with Gasteiger partial charge in [0, 0.05) is 18.3 Å². The van der Waals surface area contributed by atoms with Crippen molar-refractivity contribution in [3.05, 3.63) is 47.3 Å². The van der Waals surface area contributed by atoms with E-state index < -0.39 is 0 Å². The van der Waals surface area contributed by atoms with Crippen LogP contribution in [0.25, 0.3) is 0 Å². The van der Waals surface area contributed by atoms with Gasteiger partial charge in [0.15, 0.2) is 0 Å². The molecule has 1 aliphatic rings. The smallest absolute Gasteiger partial charge is 0.132 e. The lowest BCUT2D eigenvalue weighted by molar-refractivity contribution is 0.298. The second kappa shape index (κ2) is 5.90. The lowest BCUT2D eigenvalue weighted by Crippen LogP contribution is -2.17. The third-order valence-electron chi connectivity index (χ3n) is 4.06. The van der Waals surface area contributed by atoms with Crippen molar-refractivity contribution < 1.29 is 4.74 Å². The van der Waals surface area contributed by atoms with Gasteiger partial charge in [0.2, 0.25) is 0 Å². The van der Waals surface area contributed by atoms with Crippen molar-refractivity contribution >= 4 is 0 Å². The molecule has 2 N–H and O–H groups in total. The predicted octanol–water partition coefficient (Wildman–Crippen LogP) is 3.38. The van der Waals surface area contributed by atoms with Gasteiger partial charge in [0.05, 0.1) is 5.69 Å². The number of rotatable bonds is 4. The van der Waals surface area contributed by atoms with E-state index in [0.717, 1.165) is 24.3 Å². The highest BCUT2D eigenvalue weighted by Gasteiger charge is 2.17. The fourth-order valence-corrected chi connectivity index (χ4v) is 2.80. The summed E-state index contributed by atoms with van der Waals surface area (Å²) in [5, 5.41) is 4.49. The average Bonchev–Trinajstić information content (AvgIpc) is 2.95. The summed E-state index contributed by atoms with van der Waals surface area (Å²) < 4.78 is 7.81. The van der Waals surface area contributed by atoms with E-state index >= 15 is 0 Å². The molecular weight excluding hydrogens is 262 g/mol. The molecule has 0 amide bonds. The van der Waals surface area contributed by atoms with Gasteiger partial charge in [-0.05, 0) is 62.4 Å². The normalized spacial score (nSPS) is 17.8. The highest BCUT2D eigenvalue weighted by Crippen LogP contribution is 2.31. The summed E-state index contributed by atoms with van der Waals surface area (Å²) in [6, 6.07) is 8.81. The Labute approximate surface area is 125 Å². The standard InChI is InChI=1S/C17H23N3O/c1-12(2)20-9-8-14(19-20)11-21-15-7-6-13-4-3-5-17(18)16(13)10-15/h6-10,12,17H,3-5,11,18H2,1-2H3. The van der Waals surface area contributed by atoms with Gasteiger partial charge >= 0.3 is 0 Å². The monoisotopic (exact) mass is 285 g/mol. The Balaban J connectivity index is 1.69. The Hall–Kier alpha value is -1.81. The van der Waals surface area contributed by atoms with E-state index in [9.17, 15) is 0 Å². The summed E-state index contributed by atoms with van der Waals surface area (Å²) in [6.45, 7) is 4.72. The highest BCUT2D eigenvalue weighted by molar-refractivity contribution is 5.39. The summed E-state index contributed by atoms with van der Waals surface area (Å²) in [5.74, 6) is 0.880. The van der Waals surface area contributed by atoms with Crippen LogP contribution in [0.5, 0.6) is 5.75 Å². The highest BCUT2D eigenvalue weighted by atomic mass is 16.5. The molecule has 1 unspecified atom stereocenters. The van der Waals surface area contributed by atoms with E-state index in [1.807, 2.05) is 23.0 Å². The Morgan fingerprint density at radius 2 is 2.24 bits per heavy atom. The zero-order valence-corrected chi connectivity index (χ0v) is 12.7. The third kappa shape index (κ3) is 3.10. The lowest BCUT2D eigenvalue weighted by atomic mass is 9.88. The molecule has 0 saturated heterocycles. The molecule has 0 fully saturated rings. The largest absolute Gasteiger partial charge is 0.487 e. The molecular formula is C17H23N3O. The van der Waals surface area contributed by atoms with Gasteiger partial charge in [-0.15, -0.1) is 0 Å². The quantitative estimate of drug-likeness (QED) is 0.937. The summed E-state index contributed by atoms with van der Waals surface area (Å²) in [4.78, 5) is 0. The number of nitrogens with zero attached hydrogens (tertiary/aromatic N) is 2. The maximum atomic E-state index is 6.19. The number of benzene rings is 1. The Morgan fingerprint density at radius 1 is 1.38 bits per heavy atom. The molecule has 21 heavy (non-hydrogen) atoms. The summed E-state index contributed by atoms with van der Waals surface area (Å²) in [6.07, 6.45) is 5.37. The number of fused-ring (bicyclic) bond motifs is 1. The van der Waals surface area contributed by atoms with Crippen LogP contribution in [0.2, 0.25) is 0 Å². The molecule has 4 nitrogen and oxygen atoms in total. The van der Waals surface area contributed by atoms with Crippen LogP contribution < -0.4 is 10.5 Å². The van der Waals surface area contributed by atoms with E-state index in [2.05, 4.69) is 31.1 Å². The van der Waals surface area contributed by atoms with Gasteiger partial charge in [-0.3, -0.25) is 4.68 Å². The van der Waals surface area contributed by atoms with Crippen molar-refractivity contribution in [2.24, 2.45) is 5.73 Å². The molecule has 4 heteroatoms.